The maximum Gasteiger partial charge on any atom is 0.118 e. The van der Waals surface area contributed by atoms with E-state index in [-0.39, 0.29) is 0 Å². The highest BCUT2D eigenvalue weighted by atomic mass is 16.5. The van der Waals surface area contributed by atoms with Gasteiger partial charge < -0.3 is 9.84 Å². The van der Waals surface area contributed by atoms with Crippen LogP contribution in [0.25, 0.3) is 0 Å². The maximum atomic E-state index is 10.0. The Balaban J connectivity index is 2.90. The van der Waals surface area contributed by atoms with E-state index in [1.165, 1.54) is 0 Å². The van der Waals surface area contributed by atoms with Crippen LogP contribution in [0.2, 0.25) is 0 Å². The fraction of sp³-hybridized carbons (Fsp3) is 0.333. The van der Waals surface area contributed by atoms with Crippen LogP contribution in [0.4, 0.5) is 0 Å². The number of rotatable bonds is 4. The molecule has 2 nitrogen and oxygen atoms in total. The fourth-order valence-corrected chi connectivity index (χ4v) is 1.35. The van der Waals surface area contributed by atoms with Gasteiger partial charge in [-0.15, -0.1) is 6.58 Å². The Kier molecular flexibility index (Phi) is 3.31. The van der Waals surface area contributed by atoms with Gasteiger partial charge in [-0.2, -0.15) is 0 Å². The third-order valence-corrected chi connectivity index (χ3v) is 2.25. The summed E-state index contributed by atoms with van der Waals surface area (Å²) >= 11 is 0. The van der Waals surface area contributed by atoms with Gasteiger partial charge in [0.25, 0.3) is 0 Å². The van der Waals surface area contributed by atoms with Gasteiger partial charge in [-0.1, -0.05) is 18.2 Å². The topological polar surface area (TPSA) is 29.5 Å². The quantitative estimate of drug-likeness (QED) is 0.743. The molecule has 0 radical (unpaired) electrons. The van der Waals surface area contributed by atoms with Crippen LogP contribution >= 0.6 is 0 Å². The van der Waals surface area contributed by atoms with E-state index in [2.05, 4.69) is 6.58 Å². The third kappa shape index (κ3) is 2.36. The molecule has 0 saturated heterocycles. The van der Waals surface area contributed by atoms with Crippen molar-refractivity contribution in [2.75, 3.05) is 7.11 Å². The number of aliphatic hydroxyl groups is 1. The van der Waals surface area contributed by atoms with Gasteiger partial charge in [0.2, 0.25) is 0 Å². The Morgan fingerprint density at radius 3 is 2.43 bits per heavy atom. The van der Waals surface area contributed by atoms with Gasteiger partial charge in [0.05, 0.1) is 12.7 Å². The zero-order valence-electron chi connectivity index (χ0n) is 8.66. The second-order valence-electron chi connectivity index (χ2n) is 3.50. The first kappa shape index (κ1) is 10.8. The molecule has 0 bridgehead atoms. The highest BCUT2D eigenvalue weighted by molar-refractivity contribution is 5.30. The SMILES string of the molecule is C=CC[C@](C)(O)c1ccc(OC)cc1. The summed E-state index contributed by atoms with van der Waals surface area (Å²) in [5.74, 6) is 0.795. The van der Waals surface area contributed by atoms with Crippen LogP contribution in [0.5, 0.6) is 5.75 Å². The monoisotopic (exact) mass is 192 g/mol. The molecule has 0 spiro atoms. The van der Waals surface area contributed by atoms with Crippen LogP contribution < -0.4 is 4.74 Å². The van der Waals surface area contributed by atoms with Crippen molar-refractivity contribution in [1.82, 2.24) is 0 Å². The first-order chi connectivity index (χ1) is 6.60. The summed E-state index contributed by atoms with van der Waals surface area (Å²) in [5.41, 5.74) is 0.0341. The molecule has 0 aliphatic carbocycles. The van der Waals surface area contributed by atoms with Crippen LogP contribution in [0.1, 0.15) is 18.9 Å². The molecule has 0 amide bonds. The largest absolute Gasteiger partial charge is 0.497 e. The number of methoxy groups -OCH3 is 1. The molecule has 76 valence electrons. The predicted molar refractivity (Wildman–Crippen MR) is 57.4 cm³/mol. The van der Waals surface area contributed by atoms with Crippen molar-refractivity contribution in [3.05, 3.63) is 42.5 Å². The van der Waals surface area contributed by atoms with Crippen molar-refractivity contribution in [2.24, 2.45) is 0 Å². The van der Waals surface area contributed by atoms with Crippen molar-refractivity contribution in [3.8, 4) is 5.75 Å². The second kappa shape index (κ2) is 4.29. The van der Waals surface area contributed by atoms with Crippen LogP contribution in [0, 0.1) is 0 Å². The van der Waals surface area contributed by atoms with Crippen LogP contribution in [-0.4, -0.2) is 12.2 Å². The summed E-state index contributed by atoms with van der Waals surface area (Å²) < 4.78 is 5.04. The van der Waals surface area contributed by atoms with Crippen molar-refractivity contribution < 1.29 is 9.84 Å². The maximum absolute atomic E-state index is 10.0. The standard InChI is InChI=1S/C12H16O2/c1-4-9-12(2,13)10-5-7-11(14-3)8-6-10/h4-8,13H,1,9H2,2-3H3/t12-/m0/s1. The molecule has 1 N–H and O–H groups in total. The lowest BCUT2D eigenvalue weighted by molar-refractivity contribution is 0.0606. The molecule has 0 unspecified atom stereocenters. The molecule has 0 aromatic heterocycles. The first-order valence-electron chi connectivity index (χ1n) is 4.58. The third-order valence-electron chi connectivity index (χ3n) is 2.25. The zero-order valence-corrected chi connectivity index (χ0v) is 8.66. The van der Waals surface area contributed by atoms with Crippen LogP contribution in [0.15, 0.2) is 36.9 Å². The molecule has 1 atom stereocenters. The molecule has 2 heteroatoms. The average Bonchev–Trinajstić information content (AvgIpc) is 2.18. The van der Waals surface area contributed by atoms with Crippen LogP contribution in [-0.2, 0) is 5.60 Å². The van der Waals surface area contributed by atoms with E-state index in [0.29, 0.717) is 6.42 Å². The summed E-state index contributed by atoms with van der Waals surface area (Å²) in [4.78, 5) is 0. The van der Waals surface area contributed by atoms with Gasteiger partial charge >= 0.3 is 0 Å². The first-order valence-corrected chi connectivity index (χ1v) is 4.58. The minimum absolute atomic E-state index is 0.541. The van der Waals surface area contributed by atoms with E-state index in [1.807, 2.05) is 24.3 Å². The van der Waals surface area contributed by atoms with E-state index in [4.69, 9.17) is 4.74 Å². The van der Waals surface area contributed by atoms with Gasteiger partial charge in [0.1, 0.15) is 5.75 Å². The summed E-state index contributed by atoms with van der Waals surface area (Å²) in [6.45, 7) is 5.39. The Hall–Kier alpha value is -1.28. The van der Waals surface area contributed by atoms with Crippen molar-refractivity contribution in [2.45, 2.75) is 18.9 Å². The van der Waals surface area contributed by atoms with E-state index >= 15 is 0 Å². The highest BCUT2D eigenvalue weighted by Gasteiger charge is 2.20. The molecular weight excluding hydrogens is 176 g/mol. The molecular formula is C12H16O2. The number of hydrogen-bond donors (Lipinski definition) is 1. The summed E-state index contributed by atoms with van der Waals surface area (Å²) in [7, 11) is 1.62. The Labute approximate surface area is 84.8 Å². The van der Waals surface area contributed by atoms with E-state index in [9.17, 15) is 5.11 Å². The Bertz CT molecular complexity index is 299. The minimum atomic E-state index is -0.839. The molecule has 14 heavy (non-hydrogen) atoms. The highest BCUT2D eigenvalue weighted by Crippen LogP contribution is 2.26. The molecule has 1 aromatic rings. The predicted octanol–water partition coefficient (Wildman–Crippen LogP) is 2.48. The summed E-state index contributed by atoms with van der Waals surface area (Å²) in [6.07, 6.45) is 2.25. The van der Waals surface area contributed by atoms with E-state index in [0.717, 1.165) is 11.3 Å². The summed E-state index contributed by atoms with van der Waals surface area (Å²) in [6, 6.07) is 7.41. The Morgan fingerprint density at radius 1 is 1.43 bits per heavy atom. The van der Waals surface area contributed by atoms with Crippen molar-refractivity contribution >= 4 is 0 Å². The van der Waals surface area contributed by atoms with E-state index < -0.39 is 5.60 Å². The molecule has 0 fully saturated rings. The number of benzene rings is 1. The lowest BCUT2D eigenvalue weighted by Crippen LogP contribution is -2.19. The molecule has 0 aliphatic heterocycles. The normalized spacial score (nSPS) is 14.5. The van der Waals surface area contributed by atoms with Gasteiger partial charge in [0, 0.05) is 0 Å². The van der Waals surface area contributed by atoms with Crippen LogP contribution in [0.3, 0.4) is 0 Å². The van der Waals surface area contributed by atoms with Gasteiger partial charge in [-0.05, 0) is 31.0 Å². The minimum Gasteiger partial charge on any atom is -0.497 e. The average molecular weight is 192 g/mol. The van der Waals surface area contributed by atoms with Crippen molar-refractivity contribution in [3.63, 3.8) is 0 Å². The number of ether oxygens (including phenoxy) is 1. The molecule has 0 heterocycles. The van der Waals surface area contributed by atoms with E-state index in [1.54, 1.807) is 20.1 Å². The fourth-order valence-electron chi connectivity index (χ4n) is 1.35. The molecule has 1 aromatic carbocycles. The van der Waals surface area contributed by atoms with Gasteiger partial charge in [0.15, 0.2) is 0 Å². The molecule has 1 rings (SSSR count). The zero-order chi connectivity index (χ0) is 10.6. The lowest BCUT2D eigenvalue weighted by Gasteiger charge is -2.22. The van der Waals surface area contributed by atoms with Gasteiger partial charge in [-0.3, -0.25) is 0 Å². The molecule has 0 aliphatic rings. The van der Waals surface area contributed by atoms with Gasteiger partial charge in [-0.25, -0.2) is 0 Å². The second-order valence-corrected chi connectivity index (χ2v) is 3.50. The van der Waals surface area contributed by atoms with Crippen molar-refractivity contribution in [1.29, 1.82) is 0 Å². The summed E-state index contributed by atoms with van der Waals surface area (Å²) in [5, 5.41) is 10.0. The number of hydrogen-bond acceptors (Lipinski definition) is 2. The lowest BCUT2D eigenvalue weighted by atomic mass is 9.93. The Morgan fingerprint density at radius 2 is 2.00 bits per heavy atom. The molecule has 0 saturated carbocycles. The smallest absolute Gasteiger partial charge is 0.118 e.